The number of ether oxygens (including phenoxy) is 1. The second-order valence-corrected chi connectivity index (χ2v) is 4.66. The van der Waals surface area contributed by atoms with Crippen LogP contribution in [-0.4, -0.2) is 16.9 Å². The highest BCUT2D eigenvalue weighted by Crippen LogP contribution is 2.27. The van der Waals surface area contributed by atoms with Gasteiger partial charge in [0.05, 0.1) is 24.4 Å². The van der Waals surface area contributed by atoms with Gasteiger partial charge in [0, 0.05) is 18.4 Å². The molecule has 2 rings (SSSR count). The highest BCUT2D eigenvalue weighted by atomic mass is 35.5. The molecule has 102 valence electrons. The second kappa shape index (κ2) is 6.48. The van der Waals surface area contributed by atoms with E-state index in [0.29, 0.717) is 10.8 Å². The summed E-state index contributed by atoms with van der Waals surface area (Å²) in [6.07, 6.45) is 2.90. The van der Waals surface area contributed by atoms with Crippen LogP contribution in [0.3, 0.4) is 0 Å². The van der Waals surface area contributed by atoms with Gasteiger partial charge in [-0.1, -0.05) is 18.5 Å². The second-order valence-electron chi connectivity index (χ2n) is 4.25. The molecule has 19 heavy (non-hydrogen) atoms. The molecule has 2 aromatic rings. The minimum atomic E-state index is 0.606. The third kappa shape index (κ3) is 3.41. The molecule has 5 heteroatoms. The van der Waals surface area contributed by atoms with Crippen molar-refractivity contribution in [3.8, 4) is 5.75 Å². The summed E-state index contributed by atoms with van der Waals surface area (Å²) in [7, 11) is 1.61. The molecular weight excluding hydrogens is 262 g/mol. The number of nitrogens with one attached hydrogen (secondary N) is 1. The summed E-state index contributed by atoms with van der Waals surface area (Å²) in [5.74, 6) is 0.684. The lowest BCUT2D eigenvalue weighted by molar-refractivity contribution is 0.415. The van der Waals surface area contributed by atoms with Crippen molar-refractivity contribution in [3.63, 3.8) is 0 Å². The Balaban J connectivity index is 2.02. The zero-order valence-electron chi connectivity index (χ0n) is 11.2. The molecule has 0 amide bonds. The van der Waals surface area contributed by atoms with Crippen molar-refractivity contribution in [1.29, 1.82) is 0 Å². The number of methoxy groups -OCH3 is 1. The summed E-state index contributed by atoms with van der Waals surface area (Å²) < 4.78 is 7.14. The normalized spacial score (nSPS) is 10.5. The van der Waals surface area contributed by atoms with Crippen LogP contribution < -0.4 is 10.1 Å². The van der Waals surface area contributed by atoms with E-state index in [1.54, 1.807) is 7.11 Å². The number of halogens is 1. The van der Waals surface area contributed by atoms with Crippen LogP contribution in [0.2, 0.25) is 5.02 Å². The average Bonchev–Trinajstić information content (AvgIpc) is 2.84. The zero-order valence-corrected chi connectivity index (χ0v) is 11.9. The van der Waals surface area contributed by atoms with E-state index in [1.807, 2.05) is 35.1 Å². The number of hydrogen-bond acceptors (Lipinski definition) is 3. The number of nitrogens with zero attached hydrogens (tertiary/aromatic N) is 2. The number of anilines is 1. The van der Waals surface area contributed by atoms with Crippen molar-refractivity contribution in [1.82, 2.24) is 9.78 Å². The fourth-order valence-corrected chi connectivity index (χ4v) is 2.15. The number of rotatable bonds is 6. The van der Waals surface area contributed by atoms with E-state index < -0.39 is 0 Å². The maximum Gasteiger partial charge on any atom is 0.137 e. The molecule has 0 unspecified atom stereocenters. The predicted octanol–water partition coefficient (Wildman–Crippen LogP) is 3.57. The van der Waals surface area contributed by atoms with Gasteiger partial charge in [0.25, 0.3) is 0 Å². The van der Waals surface area contributed by atoms with Crippen molar-refractivity contribution in [2.45, 2.75) is 26.4 Å². The lowest BCUT2D eigenvalue weighted by Crippen LogP contribution is -2.08. The maximum absolute atomic E-state index is 6.09. The maximum atomic E-state index is 6.09. The predicted molar refractivity (Wildman–Crippen MR) is 77.8 cm³/mol. The van der Waals surface area contributed by atoms with Gasteiger partial charge in [-0.2, -0.15) is 5.10 Å². The molecule has 0 bridgehead atoms. The first kappa shape index (κ1) is 13.7. The first-order valence-electron chi connectivity index (χ1n) is 6.32. The SMILES string of the molecule is CCCn1nccc1CNc1ccc(OC)c(Cl)c1. The van der Waals surface area contributed by atoms with Gasteiger partial charge in [-0.05, 0) is 30.7 Å². The zero-order chi connectivity index (χ0) is 13.7. The van der Waals surface area contributed by atoms with Crippen LogP contribution in [0.1, 0.15) is 19.0 Å². The molecule has 4 nitrogen and oxygen atoms in total. The van der Waals surface area contributed by atoms with Gasteiger partial charge in [0.1, 0.15) is 5.75 Å². The third-order valence-corrected chi connectivity index (χ3v) is 3.16. The Morgan fingerprint density at radius 2 is 2.21 bits per heavy atom. The van der Waals surface area contributed by atoms with Gasteiger partial charge in [-0.25, -0.2) is 0 Å². The van der Waals surface area contributed by atoms with Crippen LogP contribution in [0.4, 0.5) is 5.69 Å². The Morgan fingerprint density at radius 3 is 2.89 bits per heavy atom. The fraction of sp³-hybridized carbons (Fsp3) is 0.357. The number of hydrogen-bond donors (Lipinski definition) is 1. The third-order valence-electron chi connectivity index (χ3n) is 2.87. The fourth-order valence-electron chi connectivity index (χ4n) is 1.89. The smallest absolute Gasteiger partial charge is 0.137 e. The molecule has 0 radical (unpaired) electrons. The Bertz CT molecular complexity index is 539. The lowest BCUT2D eigenvalue weighted by atomic mass is 10.3. The largest absolute Gasteiger partial charge is 0.495 e. The summed E-state index contributed by atoms with van der Waals surface area (Å²) in [5, 5.41) is 8.24. The van der Waals surface area contributed by atoms with Crippen LogP contribution in [-0.2, 0) is 13.1 Å². The van der Waals surface area contributed by atoms with Crippen LogP contribution in [0.25, 0.3) is 0 Å². The molecule has 0 atom stereocenters. The molecule has 1 N–H and O–H groups in total. The molecule has 0 aliphatic carbocycles. The van der Waals surface area contributed by atoms with Crippen LogP contribution in [0.5, 0.6) is 5.75 Å². The van der Waals surface area contributed by atoms with E-state index >= 15 is 0 Å². The average molecular weight is 280 g/mol. The standard InChI is InChI=1S/C14H18ClN3O/c1-3-8-18-12(6-7-17-18)10-16-11-4-5-14(19-2)13(15)9-11/h4-7,9,16H,3,8,10H2,1-2H3. The highest BCUT2D eigenvalue weighted by Gasteiger charge is 2.04. The Kier molecular flexibility index (Phi) is 4.68. The molecule has 0 spiro atoms. The van der Waals surface area contributed by atoms with Crippen molar-refractivity contribution in [2.75, 3.05) is 12.4 Å². The lowest BCUT2D eigenvalue weighted by Gasteiger charge is -2.10. The molecule has 0 saturated carbocycles. The summed E-state index contributed by atoms with van der Waals surface area (Å²) in [4.78, 5) is 0. The van der Waals surface area contributed by atoms with Gasteiger partial charge in [-0.15, -0.1) is 0 Å². The summed E-state index contributed by atoms with van der Waals surface area (Å²) in [5.41, 5.74) is 2.13. The minimum absolute atomic E-state index is 0.606. The van der Waals surface area contributed by atoms with Gasteiger partial charge >= 0.3 is 0 Å². The molecule has 0 aliphatic heterocycles. The quantitative estimate of drug-likeness (QED) is 0.879. The monoisotopic (exact) mass is 279 g/mol. The van der Waals surface area contributed by atoms with Gasteiger partial charge < -0.3 is 10.1 Å². The van der Waals surface area contributed by atoms with E-state index in [9.17, 15) is 0 Å². The molecule has 1 aromatic carbocycles. The molecule has 1 aromatic heterocycles. The van der Waals surface area contributed by atoms with Gasteiger partial charge in [-0.3, -0.25) is 4.68 Å². The molecule has 0 saturated heterocycles. The number of benzene rings is 1. The van der Waals surface area contributed by atoms with E-state index in [2.05, 4.69) is 17.3 Å². The van der Waals surface area contributed by atoms with Crippen molar-refractivity contribution >= 4 is 17.3 Å². The van der Waals surface area contributed by atoms with Crippen molar-refractivity contribution < 1.29 is 4.74 Å². The minimum Gasteiger partial charge on any atom is -0.495 e. The molecular formula is C14H18ClN3O. The summed E-state index contributed by atoms with van der Waals surface area (Å²) >= 11 is 6.09. The molecule has 0 fully saturated rings. The van der Waals surface area contributed by atoms with E-state index in [4.69, 9.17) is 16.3 Å². The first-order valence-corrected chi connectivity index (χ1v) is 6.70. The van der Waals surface area contributed by atoms with Crippen molar-refractivity contribution in [2.24, 2.45) is 0 Å². The van der Waals surface area contributed by atoms with Gasteiger partial charge in [0.2, 0.25) is 0 Å². The molecule has 0 aliphatic rings. The van der Waals surface area contributed by atoms with E-state index in [0.717, 1.165) is 30.9 Å². The van der Waals surface area contributed by atoms with Gasteiger partial charge in [0.15, 0.2) is 0 Å². The van der Waals surface area contributed by atoms with Crippen LogP contribution in [0, 0.1) is 0 Å². The van der Waals surface area contributed by atoms with Crippen LogP contribution in [0.15, 0.2) is 30.5 Å². The summed E-state index contributed by atoms with van der Waals surface area (Å²) in [6.45, 7) is 3.80. The topological polar surface area (TPSA) is 39.1 Å². The Labute approximate surface area is 118 Å². The first-order chi connectivity index (χ1) is 9.24. The molecule has 1 heterocycles. The van der Waals surface area contributed by atoms with E-state index in [-0.39, 0.29) is 0 Å². The van der Waals surface area contributed by atoms with Crippen molar-refractivity contribution in [3.05, 3.63) is 41.2 Å². The van der Waals surface area contributed by atoms with E-state index in [1.165, 1.54) is 0 Å². The Hall–Kier alpha value is -1.68. The van der Waals surface area contributed by atoms with Crippen LogP contribution >= 0.6 is 11.6 Å². The Morgan fingerprint density at radius 1 is 1.37 bits per heavy atom. The number of aryl methyl sites for hydroxylation is 1. The summed E-state index contributed by atoms with van der Waals surface area (Å²) in [6, 6.07) is 7.69. The highest BCUT2D eigenvalue weighted by molar-refractivity contribution is 6.32. The number of aromatic nitrogens is 2.